The first-order valence-corrected chi connectivity index (χ1v) is 9.08. The zero-order valence-electron chi connectivity index (χ0n) is 15.3. The number of benzene rings is 3. The summed E-state index contributed by atoms with van der Waals surface area (Å²) in [4.78, 5) is 29.1. The Morgan fingerprint density at radius 3 is 2.59 bits per heavy atom. The summed E-state index contributed by atoms with van der Waals surface area (Å²) >= 11 is 5.99. The minimum atomic E-state index is -0.448. The number of anilines is 1. The van der Waals surface area contributed by atoms with Gasteiger partial charge in [0.15, 0.2) is 0 Å². The molecule has 7 heteroatoms. The predicted octanol–water partition coefficient (Wildman–Crippen LogP) is 4.77. The first-order valence-electron chi connectivity index (χ1n) is 8.70. The van der Waals surface area contributed by atoms with Crippen molar-refractivity contribution in [3.63, 3.8) is 0 Å². The van der Waals surface area contributed by atoms with Gasteiger partial charge in [0.2, 0.25) is 5.89 Å². The number of halogens is 1. The first-order chi connectivity index (χ1) is 14.0. The van der Waals surface area contributed by atoms with Crippen molar-refractivity contribution in [3.8, 4) is 17.2 Å². The molecule has 1 N–H and O–H groups in total. The molecule has 4 aromatic rings. The monoisotopic (exact) mass is 406 g/mol. The zero-order chi connectivity index (χ0) is 20.4. The molecule has 0 atom stereocenters. The Kier molecular flexibility index (Phi) is 5.01. The van der Waals surface area contributed by atoms with Crippen molar-refractivity contribution < 1.29 is 13.9 Å². The topological polar surface area (TPSA) is 81.4 Å². The highest BCUT2D eigenvalue weighted by molar-refractivity contribution is 6.31. The summed E-state index contributed by atoms with van der Waals surface area (Å²) in [6.07, 6.45) is 0. The average molecular weight is 407 g/mol. The summed E-state index contributed by atoms with van der Waals surface area (Å²) in [5.41, 5.74) is 1.61. The van der Waals surface area contributed by atoms with Crippen LogP contribution in [0.1, 0.15) is 10.4 Å². The number of amides is 1. The molecule has 0 bridgehead atoms. The number of nitrogens with zero attached hydrogens (tertiary/aromatic N) is 1. The highest BCUT2D eigenvalue weighted by Gasteiger charge is 2.14. The smallest absolute Gasteiger partial charge is 0.347 e. The molecule has 0 spiro atoms. The fourth-order valence-corrected chi connectivity index (χ4v) is 3.07. The second kappa shape index (κ2) is 7.77. The van der Waals surface area contributed by atoms with Gasteiger partial charge >= 0.3 is 5.63 Å². The molecule has 0 saturated carbocycles. The number of carbonyl (C=O) groups is 1. The second-order valence-corrected chi connectivity index (χ2v) is 6.64. The molecule has 29 heavy (non-hydrogen) atoms. The number of para-hydroxylation sites is 1. The lowest BCUT2D eigenvalue weighted by atomic mass is 10.1. The van der Waals surface area contributed by atoms with Crippen molar-refractivity contribution in [2.24, 2.45) is 0 Å². The van der Waals surface area contributed by atoms with Crippen molar-refractivity contribution in [2.45, 2.75) is 0 Å². The molecule has 6 nitrogen and oxygen atoms in total. The summed E-state index contributed by atoms with van der Waals surface area (Å²) in [6, 6.07) is 18.6. The highest BCUT2D eigenvalue weighted by Crippen LogP contribution is 2.25. The van der Waals surface area contributed by atoms with Crippen LogP contribution in [0.3, 0.4) is 0 Å². The lowest BCUT2D eigenvalue weighted by Gasteiger charge is -2.10. The van der Waals surface area contributed by atoms with Crippen LogP contribution in [0.2, 0.25) is 5.02 Å². The molecule has 4 rings (SSSR count). The van der Waals surface area contributed by atoms with Crippen LogP contribution in [0.5, 0.6) is 5.75 Å². The van der Waals surface area contributed by atoms with Gasteiger partial charge in [-0.05, 0) is 54.6 Å². The van der Waals surface area contributed by atoms with Gasteiger partial charge in [0.25, 0.3) is 5.91 Å². The summed E-state index contributed by atoms with van der Waals surface area (Å²) < 4.78 is 10.5. The molecule has 1 aromatic heterocycles. The van der Waals surface area contributed by atoms with Gasteiger partial charge in [0.1, 0.15) is 5.75 Å². The van der Waals surface area contributed by atoms with Crippen molar-refractivity contribution in [2.75, 3.05) is 12.4 Å². The normalized spacial score (nSPS) is 10.7. The maximum atomic E-state index is 12.6. The Morgan fingerprint density at radius 1 is 1.07 bits per heavy atom. The van der Waals surface area contributed by atoms with Gasteiger partial charge in [-0.3, -0.25) is 4.79 Å². The summed E-state index contributed by atoms with van der Waals surface area (Å²) in [6.45, 7) is 0. The minimum Gasteiger partial charge on any atom is -0.496 e. The number of ether oxygens (including phenoxy) is 1. The molecule has 0 saturated heterocycles. The molecule has 0 fully saturated rings. The summed E-state index contributed by atoms with van der Waals surface area (Å²) in [5, 5.41) is 3.65. The third-order valence-electron chi connectivity index (χ3n) is 4.33. The third kappa shape index (κ3) is 3.83. The van der Waals surface area contributed by atoms with Crippen molar-refractivity contribution in [1.29, 1.82) is 0 Å². The van der Waals surface area contributed by atoms with E-state index in [2.05, 4.69) is 10.3 Å². The minimum absolute atomic E-state index is 0.211. The number of aromatic nitrogens is 1. The number of hydrogen-bond acceptors (Lipinski definition) is 5. The van der Waals surface area contributed by atoms with Crippen molar-refractivity contribution in [1.82, 2.24) is 4.98 Å². The summed E-state index contributed by atoms with van der Waals surface area (Å²) in [5.74, 6) is 0.279. The highest BCUT2D eigenvalue weighted by atomic mass is 35.5. The lowest BCUT2D eigenvalue weighted by molar-refractivity contribution is 0.102. The molecule has 144 valence electrons. The van der Waals surface area contributed by atoms with Crippen LogP contribution in [-0.2, 0) is 0 Å². The van der Waals surface area contributed by atoms with Gasteiger partial charge < -0.3 is 14.5 Å². The van der Waals surface area contributed by atoms with Crippen LogP contribution < -0.4 is 15.7 Å². The Balaban J connectivity index is 1.60. The van der Waals surface area contributed by atoms with E-state index in [9.17, 15) is 9.59 Å². The fourth-order valence-electron chi connectivity index (χ4n) is 2.89. The molecule has 3 aromatic carbocycles. The molecule has 0 aliphatic carbocycles. The third-order valence-corrected chi connectivity index (χ3v) is 4.57. The molecule has 1 heterocycles. The Bertz CT molecular complexity index is 1270. The van der Waals surface area contributed by atoms with Gasteiger partial charge in [0, 0.05) is 16.3 Å². The van der Waals surface area contributed by atoms with Gasteiger partial charge in [-0.2, -0.15) is 0 Å². The Labute approximate surface area is 170 Å². The molecule has 0 aliphatic heterocycles. The second-order valence-electron chi connectivity index (χ2n) is 6.20. The van der Waals surface area contributed by atoms with Crippen LogP contribution in [-0.4, -0.2) is 18.0 Å². The van der Waals surface area contributed by atoms with Gasteiger partial charge in [-0.25, -0.2) is 9.78 Å². The Hall–Kier alpha value is -3.64. The first kappa shape index (κ1) is 18.7. The van der Waals surface area contributed by atoms with E-state index in [1.807, 2.05) is 0 Å². The maximum Gasteiger partial charge on any atom is 0.347 e. The number of rotatable bonds is 4. The van der Waals surface area contributed by atoms with Crippen LogP contribution in [0.15, 0.2) is 75.9 Å². The number of hydrogen-bond donors (Lipinski definition) is 1. The van der Waals surface area contributed by atoms with Crippen molar-refractivity contribution >= 4 is 34.1 Å². The zero-order valence-corrected chi connectivity index (χ0v) is 16.1. The van der Waals surface area contributed by atoms with Gasteiger partial charge in [-0.15, -0.1) is 0 Å². The number of fused-ring (bicyclic) bond motifs is 1. The fraction of sp³-hybridized carbons (Fsp3) is 0.0455. The van der Waals surface area contributed by atoms with E-state index >= 15 is 0 Å². The maximum absolute atomic E-state index is 12.6. The van der Waals surface area contributed by atoms with E-state index in [4.69, 9.17) is 20.8 Å². The van der Waals surface area contributed by atoms with Crippen LogP contribution in [0.4, 0.5) is 5.69 Å². The molecule has 0 aliphatic rings. The largest absolute Gasteiger partial charge is 0.496 e. The lowest BCUT2D eigenvalue weighted by Crippen LogP contribution is -2.13. The van der Waals surface area contributed by atoms with E-state index < -0.39 is 5.63 Å². The summed E-state index contributed by atoms with van der Waals surface area (Å²) in [7, 11) is 1.49. The van der Waals surface area contributed by atoms with E-state index in [0.29, 0.717) is 38.5 Å². The van der Waals surface area contributed by atoms with E-state index in [0.717, 1.165) is 0 Å². The van der Waals surface area contributed by atoms with Crippen LogP contribution >= 0.6 is 11.6 Å². The van der Waals surface area contributed by atoms with E-state index in [-0.39, 0.29) is 11.8 Å². The van der Waals surface area contributed by atoms with E-state index in [1.54, 1.807) is 60.7 Å². The van der Waals surface area contributed by atoms with Crippen LogP contribution in [0, 0.1) is 0 Å². The molecule has 0 unspecified atom stereocenters. The van der Waals surface area contributed by atoms with Crippen LogP contribution in [0.25, 0.3) is 22.4 Å². The number of nitrogens with one attached hydrogen (secondary N) is 1. The van der Waals surface area contributed by atoms with Crippen molar-refractivity contribution in [3.05, 3.63) is 87.7 Å². The predicted molar refractivity (Wildman–Crippen MR) is 112 cm³/mol. The van der Waals surface area contributed by atoms with Gasteiger partial charge in [0.05, 0.1) is 23.6 Å². The van der Waals surface area contributed by atoms with Gasteiger partial charge in [-0.1, -0.05) is 23.7 Å². The average Bonchev–Trinajstić information content (AvgIpc) is 2.74. The van der Waals surface area contributed by atoms with E-state index in [1.165, 1.54) is 13.2 Å². The molecular weight excluding hydrogens is 392 g/mol. The molecule has 1 amide bonds. The standard InChI is InChI=1S/C22H15ClN2O4/c1-28-19-11-8-14(23)12-17(19)20(26)24-15-9-6-13(7-10-15)21-25-18-5-3-2-4-16(18)22(27)29-21/h2-12H,1H3,(H,24,26). The molecule has 0 radical (unpaired) electrons. The molecular formula is C22H15ClN2O4. The SMILES string of the molecule is COc1ccc(Cl)cc1C(=O)Nc1ccc(-c2nc3ccccc3c(=O)o2)cc1. The number of carbonyl (C=O) groups excluding carboxylic acids is 1. The number of methoxy groups -OCH3 is 1. The quantitative estimate of drug-likeness (QED) is 0.528. The Morgan fingerprint density at radius 2 is 1.83 bits per heavy atom.